The molecule has 0 bridgehead atoms. The number of morpholine rings is 1. The number of rotatable bonds is 11. The Morgan fingerprint density at radius 2 is 1.63 bits per heavy atom. The van der Waals surface area contributed by atoms with E-state index in [-0.39, 0.29) is 11.9 Å². The highest BCUT2D eigenvalue weighted by Crippen LogP contribution is 2.46. The minimum atomic E-state index is -0.688. The number of imide groups is 1. The molecule has 2 heterocycles. The number of β-lactam (4-membered cyclic amide) rings is 1. The number of likely N-dealkylation sites (tertiary alicyclic amines) is 1. The molecule has 7 nitrogen and oxygen atoms in total. The summed E-state index contributed by atoms with van der Waals surface area (Å²) in [5, 5.41) is 0. The molecule has 0 radical (unpaired) electrons. The van der Waals surface area contributed by atoms with Crippen LogP contribution in [0.4, 0.5) is 4.79 Å². The van der Waals surface area contributed by atoms with Gasteiger partial charge in [0.15, 0.2) is 6.23 Å². The molecule has 7 heteroatoms. The molecule has 4 rings (SSSR count). The third-order valence-corrected chi connectivity index (χ3v) is 8.07. The predicted octanol–water partition coefficient (Wildman–Crippen LogP) is 5.26. The van der Waals surface area contributed by atoms with E-state index in [0.29, 0.717) is 31.7 Å². The highest BCUT2D eigenvalue weighted by molar-refractivity contribution is 6.03. The van der Waals surface area contributed by atoms with Crippen molar-refractivity contribution in [3.63, 3.8) is 0 Å². The zero-order valence-corrected chi connectivity index (χ0v) is 23.4. The monoisotopic (exact) mass is 521 g/mol. The normalized spacial score (nSPS) is 19.2. The average molecular weight is 522 g/mol. The average Bonchev–Trinajstić information content (AvgIpc) is 2.94. The van der Waals surface area contributed by atoms with E-state index in [2.05, 4.69) is 29.2 Å². The molecule has 2 saturated heterocycles. The van der Waals surface area contributed by atoms with Gasteiger partial charge in [0.2, 0.25) is 5.91 Å². The van der Waals surface area contributed by atoms with E-state index in [9.17, 15) is 9.59 Å². The number of benzene rings is 2. The van der Waals surface area contributed by atoms with Crippen molar-refractivity contribution in [3.05, 3.63) is 65.2 Å². The first kappa shape index (κ1) is 28.1. The summed E-state index contributed by atoms with van der Waals surface area (Å²) in [7, 11) is 0. The topological polar surface area (TPSA) is 62.3 Å². The first-order chi connectivity index (χ1) is 18.4. The molecule has 2 aromatic carbocycles. The molecule has 0 saturated carbocycles. The molecular formula is C31H43N3O4. The maximum absolute atomic E-state index is 13.7. The van der Waals surface area contributed by atoms with E-state index in [1.807, 2.05) is 52.0 Å². The van der Waals surface area contributed by atoms with Crippen molar-refractivity contribution in [1.82, 2.24) is 14.7 Å². The number of nitrogens with zero attached hydrogens (tertiary/aromatic N) is 3. The number of urea groups is 1. The Bertz CT molecular complexity index is 1060. The van der Waals surface area contributed by atoms with Gasteiger partial charge in [-0.25, -0.2) is 9.69 Å². The molecule has 2 aliphatic heterocycles. The first-order valence-electron chi connectivity index (χ1n) is 14.2. The van der Waals surface area contributed by atoms with Gasteiger partial charge in [-0.05, 0) is 55.9 Å². The molecule has 2 aliphatic rings. The molecule has 1 unspecified atom stereocenters. The van der Waals surface area contributed by atoms with Crippen molar-refractivity contribution in [2.24, 2.45) is 5.41 Å². The Hall–Kier alpha value is -2.90. The van der Waals surface area contributed by atoms with Gasteiger partial charge >= 0.3 is 6.03 Å². The molecule has 38 heavy (non-hydrogen) atoms. The molecule has 2 aromatic rings. The third kappa shape index (κ3) is 6.05. The predicted molar refractivity (Wildman–Crippen MR) is 149 cm³/mol. The van der Waals surface area contributed by atoms with E-state index in [4.69, 9.17) is 9.47 Å². The lowest BCUT2D eigenvalue weighted by Gasteiger charge is -2.54. The molecular weight excluding hydrogens is 478 g/mol. The van der Waals surface area contributed by atoms with Gasteiger partial charge in [0.05, 0.1) is 13.2 Å². The van der Waals surface area contributed by atoms with Crippen molar-refractivity contribution in [3.8, 4) is 5.75 Å². The first-order valence-corrected chi connectivity index (χ1v) is 14.2. The van der Waals surface area contributed by atoms with Crippen LogP contribution in [0.3, 0.4) is 0 Å². The maximum atomic E-state index is 13.7. The van der Waals surface area contributed by atoms with E-state index < -0.39 is 11.6 Å². The summed E-state index contributed by atoms with van der Waals surface area (Å²) in [6.45, 7) is 13.7. The summed E-state index contributed by atoms with van der Waals surface area (Å²) >= 11 is 0. The van der Waals surface area contributed by atoms with E-state index in [1.165, 1.54) is 16.0 Å². The zero-order chi connectivity index (χ0) is 27.1. The van der Waals surface area contributed by atoms with Crippen LogP contribution in [-0.2, 0) is 22.5 Å². The Morgan fingerprint density at radius 3 is 2.24 bits per heavy atom. The maximum Gasteiger partial charge on any atom is 0.330 e. The molecule has 1 atom stereocenters. The number of carbonyl (C=O) groups is 2. The summed E-state index contributed by atoms with van der Waals surface area (Å²) in [6, 6.07) is 16.0. The van der Waals surface area contributed by atoms with Crippen molar-refractivity contribution < 1.29 is 19.1 Å². The van der Waals surface area contributed by atoms with Crippen LogP contribution in [-0.4, -0.2) is 72.3 Å². The van der Waals surface area contributed by atoms with Gasteiger partial charge in [-0.1, -0.05) is 62.7 Å². The standard InChI is InChI=1S/C31H43N3O4/c1-5-17-33(23-26-10-8-24(4)9-11-26)30(36)34-28(35)31(6-2,7-3)29(34)38-27-14-12-25(13-15-27)16-18-32-19-21-37-22-20-32/h8-15,29H,5-7,16-23H2,1-4H3. The molecule has 0 N–H and O–H groups in total. The van der Waals surface area contributed by atoms with Crippen molar-refractivity contribution >= 4 is 11.9 Å². The highest BCUT2D eigenvalue weighted by Gasteiger charge is 2.63. The molecule has 0 aromatic heterocycles. The van der Waals surface area contributed by atoms with Gasteiger partial charge in [0.1, 0.15) is 11.2 Å². The van der Waals surface area contributed by atoms with Crippen molar-refractivity contribution in [2.75, 3.05) is 39.4 Å². The Balaban J connectivity index is 1.47. The van der Waals surface area contributed by atoms with E-state index in [1.54, 1.807) is 4.90 Å². The largest absolute Gasteiger partial charge is 0.469 e. The Morgan fingerprint density at radius 1 is 1.00 bits per heavy atom. The van der Waals surface area contributed by atoms with Gasteiger partial charge in [-0.2, -0.15) is 0 Å². The fourth-order valence-electron chi connectivity index (χ4n) is 5.44. The van der Waals surface area contributed by atoms with Crippen LogP contribution in [0.2, 0.25) is 0 Å². The highest BCUT2D eigenvalue weighted by atomic mass is 16.5. The number of amides is 3. The summed E-state index contributed by atoms with van der Waals surface area (Å²) in [5.41, 5.74) is 2.78. The van der Waals surface area contributed by atoms with E-state index in [0.717, 1.165) is 51.3 Å². The SMILES string of the molecule is CCCN(Cc1ccc(C)cc1)C(=O)N1C(=O)C(CC)(CC)C1Oc1ccc(CCN2CCOCC2)cc1. The van der Waals surface area contributed by atoms with Crippen LogP contribution in [0.25, 0.3) is 0 Å². The molecule has 0 aliphatic carbocycles. The summed E-state index contributed by atoms with van der Waals surface area (Å²) in [4.78, 5) is 32.8. The van der Waals surface area contributed by atoms with Gasteiger partial charge in [0.25, 0.3) is 0 Å². The second-order valence-electron chi connectivity index (χ2n) is 10.5. The quantitative estimate of drug-likeness (QED) is 0.378. The number of carbonyl (C=O) groups excluding carboxylic acids is 2. The van der Waals surface area contributed by atoms with Crippen LogP contribution in [0.15, 0.2) is 48.5 Å². The second-order valence-corrected chi connectivity index (χ2v) is 10.5. The van der Waals surface area contributed by atoms with Crippen LogP contribution in [0.5, 0.6) is 5.75 Å². The van der Waals surface area contributed by atoms with Crippen LogP contribution >= 0.6 is 0 Å². The minimum Gasteiger partial charge on any atom is -0.469 e. The van der Waals surface area contributed by atoms with Crippen molar-refractivity contribution in [1.29, 1.82) is 0 Å². The van der Waals surface area contributed by atoms with E-state index >= 15 is 0 Å². The number of ether oxygens (including phenoxy) is 2. The summed E-state index contributed by atoms with van der Waals surface area (Å²) in [6.07, 6.45) is 2.41. The minimum absolute atomic E-state index is 0.135. The molecule has 2 fully saturated rings. The summed E-state index contributed by atoms with van der Waals surface area (Å²) in [5.74, 6) is 0.548. The van der Waals surface area contributed by atoms with Crippen LogP contribution < -0.4 is 4.74 Å². The van der Waals surface area contributed by atoms with Crippen molar-refractivity contribution in [2.45, 2.75) is 66.2 Å². The van der Waals surface area contributed by atoms with Gasteiger partial charge in [0, 0.05) is 32.7 Å². The lowest BCUT2D eigenvalue weighted by Crippen LogP contribution is -2.73. The number of aryl methyl sites for hydroxylation is 1. The smallest absolute Gasteiger partial charge is 0.330 e. The molecule has 206 valence electrons. The van der Waals surface area contributed by atoms with Crippen LogP contribution in [0, 0.1) is 12.3 Å². The van der Waals surface area contributed by atoms with Gasteiger partial charge < -0.3 is 14.4 Å². The zero-order valence-electron chi connectivity index (χ0n) is 23.4. The lowest BCUT2D eigenvalue weighted by molar-refractivity contribution is -0.192. The lowest BCUT2D eigenvalue weighted by atomic mass is 9.72. The van der Waals surface area contributed by atoms with Crippen LogP contribution in [0.1, 0.15) is 56.7 Å². The van der Waals surface area contributed by atoms with Gasteiger partial charge in [-0.15, -0.1) is 0 Å². The molecule has 0 spiro atoms. The Labute approximate surface area is 227 Å². The number of hydrogen-bond acceptors (Lipinski definition) is 5. The fourth-order valence-corrected chi connectivity index (χ4v) is 5.44. The summed E-state index contributed by atoms with van der Waals surface area (Å²) < 4.78 is 11.9. The number of hydrogen-bond donors (Lipinski definition) is 0. The van der Waals surface area contributed by atoms with Gasteiger partial charge in [-0.3, -0.25) is 9.69 Å². The Kier molecular flexibility index (Phi) is 9.44. The third-order valence-electron chi connectivity index (χ3n) is 8.07. The second kappa shape index (κ2) is 12.8. The fraction of sp³-hybridized carbons (Fsp3) is 0.548. The molecule has 3 amide bonds.